The van der Waals surface area contributed by atoms with Crippen molar-refractivity contribution >= 4 is 23.7 Å². The van der Waals surface area contributed by atoms with Gasteiger partial charge in [-0.1, -0.05) is 48.5 Å². The first-order valence-corrected chi connectivity index (χ1v) is 10.0. The molecule has 1 heterocycles. The van der Waals surface area contributed by atoms with Crippen LogP contribution in [0.3, 0.4) is 0 Å². The van der Waals surface area contributed by atoms with Gasteiger partial charge in [-0.3, -0.25) is 19.6 Å². The van der Waals surface area contributed by atoms with Crippen LogP contribution < -0.4 is 10.6 Å². The Morgan fingerprint density at radius 3 is 2.28 bits per heavy atom. The highest BCUT2D eigenvalue weighted by atomic mass is 16.5. The second-order valence-corrected chi connectivity index (χ2v) is 7.51. The van der Waals surface area contributed by atoms with Gasteiger partial charge in [0.05, 0.1) is 11.9 Å². The van der Waals surface area contributed by atoms with E-state index in [-0.39, 0.29) is 23.9 Å². The Morgan fingerprint density at radius 1 is 1.09 bits per heavy atom. The van der Waals surface area contributed by atoms with E-state index >= 15 is 0 Å². The molecule has 9 nitrogen and oxygen atoms in total. The zero-order valence-corrected chi connectivity index (χ0v) is 17.5. The Kier molecular flexibility index (Phi) is 5.63. The lowest BCUT2D eigenvalue weighted by Gasteiger charge is -2.15. The summed E-state index contributed by atoms with van der Waals surface area (Å²) in [6.07, 6.45) is 0.571. The smallest absolute Gasteiger partial charge is 0.411 e. The van der Waals surface area contributed by atoms with Crippen molar-refractivity contribution in [2.24, 2.45) is 7.05 Å². The average molecular weight is 434 g/mol. The number of hydrogen-bond acceptors (Lipinski definition) is 5. The maximum Gasteiger partial charge on any atom is 0.411 e. The number of fused-ring (bicyclic) bond motifs is 3. The largest absolute Gasteiger partial charge is 0.480 e. The van der Waals surface area contributed by atoms with Crippen LogP contribution in [0.15, 0.2) is 54.7 Å². The normalized spacial score (nSPS) is 13.1. The molecule has 1 aromatic heterocycles. The van der Waals surface area contributed by atoms with Crippen LogP contribution in [0, 0.1) is 0 Å². The van der Waals surface area contributed by atoms with Crippen LogP contribution in [0.5, 0.6) is 0 Å². The van der Waals surface area contributed by atoms with Crippen LogP contribution >= 0.6 is 0 Å². The lowest BCUT2D eigenvalue weighted by Crippen LogP contribution is -2.39. The molecule has 0 radical (unpaired) electrons. The molecule has 0 saturated carbocycles. The fourth-order valence-corrected chi connectivity index (χ4v) is 3.87. The molecular weight excluding hydrogens is 412 g/mol. The standard InChI is InChI=1S/C23H22N4O5/c1-13(22(29)30)25-21(28)20-19(11-24-27(20)2)26-23(31)32-12-18-16-9-5-3-7-14(16)15-8-4-6-10-17(15)18/h3-11,13,18H,12H2,1-2H3,(H,25,28)(H,26,31)(H,29,30)/t13-/m1/s1. The van der Waals surface area contributed by atoms with Gasteiger partial charge in [0.2, 0.25) is 0 Å². The Labute approximate surface area is 184 Å². The van der Waals surface area contributed by atoms with E-state index in [1.54, 1.807) is 0 Å². The molecule has 32 heavy (non-hydrogen) atoms. The third-order valence-corrected chi connectivity index (χ3v) is 5.45. The van der Waals surface area contributed by atoms with E-state index in [1.807, 2.05) is 48.5 Å². The molecule has 0 bridgehead atoms. The number of aromatic nitrogens is 2. The monoisotopic (exact) mass is 434 g/mol. The van der Waals surface area contributed by atoms with Gasteiger partial charge in [0.25, 0.3) is 5.91 Å². The van der Waals surface area contributed by atoms with Crippen molar-refractivity contribution in [1.29, 1.82) is 0 Å². The van der Waals surface area contributed by atoms with Crippen LogP contribution in [0.1, 0.15) is 34.5 Å². The number of ether oxygens (including phenoxy) is 1. The third-order valence-electron chi connectivity index (χ3n) is 5.45. The summed E-state index contributed by atoms with van der Waals surface area (Å²) in [6.45, 7) is 1.47. The molecule has 3 N–H and O–H groups in total. The maximum absolute atomic E-state index is 12.5. The highest BCUT2D eigenvalue weighted by Gasteiger charge is 2.29. The predicted molar refractivity (Wildman–Crippen MR) is 116 cm³/mol. The van der Waals surface area contributed by atoms with Crippen molar-refractivity contribution in [3.63, 3.8) is 0 Å². The summed E-state index contributed by atoms with van der Waals surface area (Å²) >= 11 is 0. The number of carboxylic acids is 1. The zero-order chi connectivity index (χ0) is 22.8. The summed E-state index contributed by atoms with van der Waals surface area (Å²) in [5.74, 6) is -1.94. The zero-order valence-electron chi connectivity index (χ0n) is 17.5. The first-order valence-electron chi connectivity index (χ1n) is 10.0. The minimum atomic E-state index is -1.17. The first kappa shape index (κ1) is 21.1. The number of amides is 2. The molecule has 0 spiro atoms. The van der Waals surface area contributed by atoms with E-state index in [0.29, 0.717) is 0 Å². The second kappa shape index (κ2) is 8.54. The molecule has 2 amide bonds. The van der Waals surface area contributed by atoms with Crippen molar-refractivity contribution in [2.75, 3.05) is 11.9 Å². The fourth-order valence-electron chi connectivity index (χ4n) is 3.87. The minimum absolute atomic E-state index is 0.0200. The Morgan fingerprint density at radius 2 is 1.69 bits per heavy atom. The molecule has 1 aliphatic carbocycles. The van der Waals surface area contributed by atoms with Crippen LogP contribution in [-0.4, -0.2) is 45.5 Å². The van der Waals surface area contributed by atoms with E-state index in [9.17, 15) is 14.4 Å². The van der Waals surface area contributed by atoms with Gasteiger partial charge in [-0.2, -0.15) is 5.10 Å². The molecule has 9 heteroatoms. The van der Waals surface area contributed by atoms with Crippen LogP contribution in [0.25, 0.3) is 11.1 Å². The van der Waals surface area contributed by atoms with Crippen LogP contribution in [0.2, 0.25) is 0 Å². The third kappa shape index (κ3) is 3.92. The van der Waals surface area contributed by atoms with Crippen LogP contribution in [-0.2, 0) is 16.6 Å². The lowest BCUT2D eigenvalue weighted by atomic mass is 9.98. The highest BCUT2D eigenvalue weighted by Crippen LogP contribution is 2.44. The number of hydrogen-bond donors (Lipinski definition) is 3. The molecule has 164 valence electrons. The van der Waals surface area contributed by atoms with E-state index in [2.05, 4.69) is 15.7 Å². The molecule has 0 saturated heterocycles. The van der Waals surface area contributed by atoms with Crippen molar-refractivity contribution in [3.8, 4) is 11.1 Å². The highest BCUT2D eigenvalue weighted by molar-refractivity contribution is 6.02. The summed E-state index contributed by atoms with van der Waals surface area (Å²) in [7, 11) is 1.52. The van der Waals surface area contributed by atoms with Gasteiger partial charge < -0.3 is 15.2 Å². The number of rotatable bonds is 6. The summed E-state index contributed by atoms with van der Waals surface area (Å²) in [5, 5.41) is 17.9. The van der Waals surface area contributed by atoms with Gasteiger partial charge in [-0.25, -0.2) is 4.79 Å². The average Bonchev–Trinajstić information content (AvgIpc) is 3.29. The Bertz CT molecular complexity index is 1160. The van der Waals surface area contributed by atoms with Crippen molar-refractivity contribution in [3.05, 3.63) is 71.5 Å². The molecule has 0 aliphatic heterocycles. The van der Waals surface area contributed by atoms with Crippen LogP contribution in [0.4, 0.5) is 10.5 Å². The fraction of sp³-hybridized carbons (Fsp3) is 0.217. The molecule has 1 atom stereocenters. The summed E-state index contributed by atoms with van der Waals surface area (Å²) in [4.78, 5) is 36.0. The number of carbonyl (C=O) groups is 3. The number of benzene rings is 2. The van der Waals surface area contributed by atoms with Gasteiger partial charge >= 0.3 is 12.1 Å². The number of nitrogens with one attached hydrogen (secondary N) is 2. The summed E-state index contributed by atoms with van der Waals surface area (Å²) < 4.78 is 6.75. The van der Waals surface area contributed by atoms with Gasteiger partial charge in [-0.05, 0) is 29.2 Å². The van der Waals surface area contributed by atoms with Gasteiger partial charge in [0.15, 0.2) is 0 Å². The molecule has 0 unspecified atom stereocenters. The number of aliphatic carboxylic acids is 1. The second-order valence-electron chi connectivity index (χ2n) is 7.51. The molecule has 4 rings (SSSR count). The van der Waals surface area contributed by atoms with E-state index in [1.165, 1.54) is 24.9 Å². The predicted octanol–water partition coefficient (Wildman–Crippen LogP) is 2.98. The number of carboxylic acid groups (broad SMARTS) is 1. The van der Waals surface area contributed by atoms with Crippen molar-refractivity contribution in [2.45, 2.75) is 18.9 Å². The number of nitrogens with zero attached hydrogens (tertiary/aromatic N) is 2. The van der Waals surface area contributed by atoms with E-state index in [0.717, 1.165) is 22.3 Å². The Hall–Kier alpha value is -4.14. The lowest BCUT2D eigenvalue weighted by molar-refractivity contribution is -0.138. The minimum Gasteiger partial charge on any atom is -0.480 e. The summed E-state index contributed by atoms with van der Waals surface area (Å²) in [5.41, 5.74) is 4.56. The summed E-state index contributed by atoms with van der Waals surface area (Å²) in [6, 6.07) is 14.9. The number of aryl methyl sites for hydroxylation is 1. The Balaban J connectivity index is 1.46. The van der Waals surface area contributed by atoms with Gasteiger partial charge in [0.1, 0.15) is 18.3 Å². The van der Waals surface area contributed by atoms with E-state index < -0.39 is 24.0 Å². The van der Waals surface area contributed by atoms with Crippen molar-refractivity contribution < 1.29 is 24.2 Å². The molecule has 1 aliphatic rings. The maximum atomic E-state index is 12.5. The van der Waals surface area contributed by atoms with Crippen molar-refractivity contribution in [1.82, 2.24) is 15.1 Å². The topological polar surface area (TPSA) is 123 Å². The SMILES string of the molecule is C[C@@H](NC(=O)c1c(NC(=O)OCC2c3ccccc3-c3ccccc32)cnn1C)C(=O)O. The van der Waals surface area contributed by atoms with Gasteiger partial charge in [-0.15, -0.1) is 0 Å². The molecule has 0 fully saturated rings. The molecule has 3 aromatic rings. The number of carbonyl (C=O) groups excluding carboxylic acids is 2. The molecule has 2 aromatic carbocycles. The molecular formula is C23H22N4O5. The van der Waals surface area contributed by atoms with Gasteiger partial charge in [0, 0.05) is 13.0 Å². The van der Waals surface area contributed by atoms with E-state index in [4.69, 9.17) is 9.84 Å². The number of anilines is 1. The quantitative estimate of drug-likeness (QED) is 0.548. The first-order chi connectivity index (χ1) is 15.4.